The number of rotatable bonds is 4. The largest absolute Gasteiger partial charge is 0.477 e. The molecule has 2 rings (SSSR count). The second kappa shape index (κ2) is 5.43. The van der Waals surface area contributed by atoms with Gasteiger partial charge in [-0.2, -0.15) is 0 Å². The van der Waals surface area contributed by atoms with Gasteiger partial charge in [0.15, 0.2) is 11.4 Å². The molecule has 1 aromatic carbocycles. The van der Waals surface area contributed by atoms with Crippen LogP contribution in [0, 0.1) is 0 Å². The quantitative estimate of drug-likeness (QED) is 0.783. The average Bonchev–Trinajstić information content (AvgIpc) is 2.88. The summed E-state index contributed by atoms with van der Waals surface area (Å²) in [6.45, 7) is 0. The molecule has 7 nitrogen and oxygen atoms in total. The summed E-state index contributed by atoms with van der Waals surface area (Å²) in [4.78, 5) is 31.1. The van der Waals surface area contributed by atoms with E-state index in [0.29, 0.717) is 5.69 Å². The Morgan fingerprint density at radius 3 is 2.65 bits per heavy atom. The number of aromatic nitrogens is 2. The third-order valence-electron chi connectivity index (χ3n) is 2.70. The summed E-state index contributed by atoms with van der Waals surface area (Å²) in [5, 5.41) is 11.6. The highest BCUT2D eigenvalue weighted by atomic mass is 16.4. The fourth-order valence-electron chi connectivity index (χ4n) is 1.78. The molecule has 7 heteroatoms. The molecule has 0 bridgehead atoms. The predicted molar refractivity (Wildman–Crippen MR) is 74.3 cm³/mol. The number of nitrogens with one attached hydrogen (secondary N) is 2. The standard InChI is InChI=1S/C13H14N4O3/c1-17(2)9-6-4-3-5-8(9)16-12(18)10-11(13(19)20)15-7-14-10/h3-7H,1-2H3,(H,14,15)(H,16,18)(H,19,20). The van der Waals surface area contributed by atoms with Crippen molar-refractivity contribution >= 4 is 23.3 Å². The van der Waals surface area contributed by atoms with Crippen molar-refractivity contribution in [3.05, 3.63) is 42.0 Å². The van der Waals surface area contributed by atoms with Crippen molar-refractivity contribution in [3.8, 4) is 0 Å². The molecule has 3 N–H and O–H groups in total. The molecule has 1 heterocycles. The van der Waals surface area contributed by atoms with Crippen molar-refractivity contribution < 1.29 is 14.7 Å². The number of carboxylic acids is 1. The highest BCUT2D eigenvalue weighted by Crippen LogP contribution is 2.24. The van der Waals surface area contributed by atoms with Crippen molar-refractivity contribution in [1.29, 1.82) is 0 Å². The maximum atomic E-state index is 12.1. The number of para-hydroxylation sites is 2. The van der Waals surface area contributed by atoms with E-state index in [2.05, 4.69) is 15.3 Å². The zero-order valence-corrected chi connectivity index (χ0v) is 11.0. The van der Waals surface area contributed by atoms with E-state index in [9.17, 15) is 9.59 Å². The fourth-order valence-corrected chi connectivity index (χ4v) is 1.78. The molecule has 20 heavy (non-hydrogen) atoms. The number of carboxylic acid groups (broad SMARTS) is 1. The van der Waals surface area contributed by atoms with Gasteiger partial charge in [-0.25, -0.2) is 9.78 Å². The molecule has 2 aromatic rings. The van der Waals surface area contributed by atoms with Crippen molar-refractivity contribution in [2.45, 2.75) is 0 Å². The Bertz CT molecular complexity index is 649. The lowest BCUT2D eigenvalue weighted by Gasteiger charge is -2.17. The Morgan fingerprint density at radius 1 is 1.30 bits per heavy atom. The summed E-state index contributed by atoms with van der Waals surface area (Å²) >= 11 is 0. The van der Waals surface area contributed by atoms with E-state index in [4.69, 9.17) is 5.11 Å². The van der Waals surface area contributed by atoms with Gasteiger partial charge < -0.3 is 20.3 Å². The van der Waals surface area contributed by atoms with Gasteiger partial charge in [0.05, 0.1) is 17.7 Å². The van der Waals surface area contributed by atoms with Crippen LogP contribution in [0.4, 0.5) is 11.4 Å². The van der Waals surface area contributed by atoms with Crippen molar-refractivity contribution in [2.24, 2.45) is 0 Å². The third kappa shape index (κ3) is 2.61. The van der Waals surface area contributed by atoms with Gasteiger partial charge in [0, 0.05) is 14.1 Å². The number of imidazole rings is 1. The zero-order valence-electron chi connectivity index (χ0n) is 11.0. The maximum Gasteiger partial charge on any atom is 0.354 e. The van der Waals surface area contributed by atoms with Gasteiger partial charge in [0.25, 0.3) is 5.91 Å². The molecule has 0 saturated heterocycles. The SMILES string of the molecule is CN(C)c1ccccc1NC(=O)c1nc[nH]c1C(=O)O. The van der Waals surface area contributed by atoms with Crippen LogP contribution in [0.5, 0.6) is 0 Å². The van der Waals surface area contributed by atoms with Crippen molar-refractivity contribution in [3.63, 3.8) is 0 Å². The van der Waals surface area contributed by atoms with E-state index in [1.165, 1.54) is 6.33 Å². The first-order valence-corrected chi connectivity index (χ1v) is 5.85. The first-order valence-electron chi connectivity index (χ1n) is 5.85. The number of aromatic carboxylic acids is 1. The van der Waals surface area contributed by atoms with Crippen LogP contribution in [-0.4, -0.2) is 41.0 Å². The number of carbonyl (C=O) groups is 2. The van der Waals surface area contributed by atoms with E-state index < -0.39 is 11.9 Å². The molecule has 0 radical (unpaired) electrons. The fraction of sp³-hybridized carbons (Fsp3) is 0.154. The number of H-pyrrole nitrogens is 1. The number of hydrogen-bond donors (Lipinski definition) is 3. The van der Waals surface area contributed by atoms with Crippen LogP contribution in [0.3, 0.4) is 0 Å². The summed E-state index contributed by atoms with van der Waals surface area (Å²) in [6, 6.07) is 7.21. The Labute approximate surface area is 115 Å². The predicted octanol–water partition coefficient (Wildman–Crippen LogP) is 1.43. The van der Waals surface area contributed by atoms with Crippen LogP contribution in [-0.2, 0) is 0 Å². The van der Waals surface area contributed by atoms with Crippen LogP contribution >= 0.6 is 0 Å². The number of aromatic amines is 1. The molecule has 0 unspecified atom stereocenters. The Hall–Kier alpha value is -2.83. The van der Waals surface area contributed by atoms with E-state index in [-0.39, 0.29) is 11.4 Å². The van der Waals surface area contributed by atoms with E-state index in [1.807, 2.05) is 31.1 Å². The average molecular weight is 274 g/mol. The van der Waals surface area contributed by atoms with Crippen LogP contribution in [0.25, 0.3) is 0 Å². The highest BCUT2D eigenvalue weighted by molar-refractivity contribution is 6.09. The minimum absolute atomic E-state index is 0.147. The molecular weight excluding hydrogens is 260 g/mol. The molecule has 0 spiro atoms. The number of hydrogen-bond acceptors (Lipinski definition) is 4. The van der Waals surface area contributed by atoms with E-state index >= 15 is 0 Å². The molecule has 0 aliphatic carbocycles. The lowest BCUT2D eigenvalue weighted by atomic mass is 10.2. The monoisotopic (exact) mass is 274 g/mol. The first kappa shape index (κ1) is 13.6. The van der Waals surface area contributed by atoms with Crippen molar-refractivity contribution in [2.75, 3.05) is 24.3 Å². The van der Waals surface area contributed by atoms with Gasteiger partial charge in [0.2, 0.25) is 0 Å². The molecule has 0 atom stereocenters. The number of carbonyl (C=O) groups excluding carboxylic acids is 1. The summed E-state index contributed by atoms with van der Waals surface area (Å²) in [5.41, 5.74) is 1.02. The molecule has 0 aliphatic rings. The number of benzene rings is 1. The summed E-state index contributed by atoms with van der Waals surface area (Å²) in [6.07, 6.45) is 1.18. The van der Waals surface area contributed by atoms with Crippen LogP contribution in [0.1, 0.15) is 21.0 Å². The summed E-state index contributed by atoms with van der Waals surface area (Å²) in [5.74, 6) is -1.80. The second-order valence-electron chi connectivity index (χ2n) is 4.30. The minimum atomic E-state index is -1.23. The van der Waals surface area contributed by atoms with Crippen molar-refractivity contribution in [1.82, 2.24) is 9.97 Å². The zero-order chi connectivity index (χ0) is 14.7. The number of anilines is 2. The number of nitrogens with zero attached hydrogens (tertiary/aromatic N) is 2. The second-order valence-corrected chi connectivity index (χ2v) is 4.30. The van der Waals surface area contributed by atoms with Gasteiger partial charge in [0.1, 0.15) is 0 Å². The lowest BCUT2D eigenvalue weighted by Crippen LogP contribution is -2.19. The lowest BCUT2D eigenvalue weighted by molar-refractivity contribution is 0.0686. The van der Waals surface area contributed by atoms with Gasteiger partial charge in [-0.3, -0.25) is 4.79 Å². The Balaban J connectivity index is 2.29. The normalized spacial score (nSPS) is 10.1. The molecule has 0 fully saturated rings. The van der Waals surface area contributed by atoms with Crippen LogP contribution < -0.4 is 10.2 Å². The summed E-state index contributed by atoms with van der Waals surface area (Å²) < 4.78 is 0. The van der Waals surface area contributed by atoms with Crippen LogP contribution in [0.15, 0.2) is 30.6 Å². The Kier molecular flexibility index (Phi) is 3.69. The first-order chi connectivity index (χ1) is 9.50. The third-order valence-corrected chi connectivity index (χ3v) is 2.70. The number of amides is 1. The van der Waals surface area contributed by atoms with Gasteiger partial charge in [-0.15, -0.1) is 0 Å². The topological polar surface area (TPSA) is 98.3 Å². The highest BCUT2D eigenvalue weighted by Gasteiger charge is 2.20. The molecular formula is C13H14N4O3. The molecule has 0 saturated carbocycles. The smallest absolute Gasteiger partial charge is 0.354 e. The molecule has 1 aromatic heterocycles. The molecule has 104 valence electrons. The van der Waals surface area contributed by atoms with Crippen LogP contribution in [0.2, 0.25) is 0 Å². The maximum absolute atomic E-state index is 12.1. The summed E-state index contributed by atoms with van der Waals surface area (Å²) in [7, 11) is 3.70. The van der Waals surface area contributed by atoms with Gasteiger partial charge in [-0.05, 0) is 12.1 Å². The molecule has 0 aliphatic heterocycles. The minimum Gasteiger partial charge on any atom is -0.477 e. The van der Waals surface area contributed by atoms with Gasteiger partial charge >= 0.3 is 5.97 Å². The van der Waals surface area contributed by atoms with E-state index in [0.717, 1.165) is 5.69 Å². The molecule has 1 amide bonds. The Morgan fingerprint density at radius 2 is 2.00 bits per heavy atom. The van der Waals surface area contributed by atoms with Gasteiger partial charge in [-0.1, -0.05) is 12.1 Å². The van der Waals surface area contributed by atoms with E-state index in [1.54, 1.807) is 12.1 Å².